The van der Waals surface area contributed by atoms with Crippen molar-refractivity contribution in [1.29, 1.82) is 0 Å². The van der Waals surface area contributed by atoms with E-state index >= 15 is 0 Å². The summed E-state index contributed by atoms with van der Waals surface area (Å²) in [6.07, 6.45) is 1.59. The van der Waals surface area contributed by atoms with E-state index < -0.39 is 10.0 Å². The van der Waals surface area contributed by atoms with Gasteiger partial charge in [-0.2, -0.15) is 0 Å². The van der Waals surface area contributed by atoms with Gasteiger partial charge in [0.2, 0.25) is 10.0 Å². The van der Waals surface area contributed by atoms with E-state index in [1.807, 2.05) is 6.07 Å². The van der Waals surface area contributed by atoms with Crippen molar-refractivity contribution >= 4 is 15.7 Å². The molecule has 0 fully saturated rings. The Kier molecular flexibility index (Phi) is 3.40. The molecule has 0 aliphatic carbocycles. The number of rotatable bonds is 4. The lowest BCUT2D eigenvalue weighted by molar-refractivity contribution is 0.518. The molecule has 1 aromatic carbocycles. The molecule has 5 nitrogen and oxygen atoms in total. The molecule has 0 radical (unpaired) electrons. The van der Waals surface area contributed by atoms with Crippen LogP contribution in [0.4, 0.5) is 5.69 Å². The third-order valence-corrected chi connectivity index (χ3v) is 3.59. The van der Waals surface area contributed by atoms with Gasteiger partial charge in [-0.1, -0.05) is 6.07 Å². The number of furan rings is 1. The zero-order chi connectivity index (χ0) is 13.2. The van der Waals surface area contributed by atoms with Crippen LogP contribution in [-0.4, -0.2) is 8.42 Å². The normalized spacial score (nSPS) is 11.4. The van der Waals surface area contributed by atoms with Crippen LogP contribution < -0.4 is 10.5 Å². The standard InChI is InChI=1S/C12H14N2O3S/c1-9-4-5-10(7-12(9)18(13,15)16)14-8-11-3-2-6-17-11/h2-7,14H,8H2,1H3,(H2,13,15,16). The summed E-state index contributed by atoms with van der Waals surface area (Å²) in [5, 5.41) is 8.22. The first-order valence-corrected chi connectivity index (χ1v) is 6.91. The van der Waals surface area contributed by atoms with Crippen LogP contribution in [0.25, 0.3) is 0 Å². The van der Waals surface area contributed by atoms with E-state index in [1.165, 1.54) is 6.07 Å². The predicted octanol–water partition coefficient (Wildman–Crippen LogP) is 1.85. The lowest BCUT2D eigenvalue weighted by Crippen LogP contribution is -2.14. The summed E-state index contributed by atoms with van der Waals surface area (Å²) in [7, 11) is -3.69. The summed E-state index contributed by atoms with van der Waals surface area (Å²) in [6, 6.07) is 8.66. The highest BCUT2D eigenvalue weighted by Crippen LogP contribution is 2.19. The number of primary sulfonamides is 1. The van der Waals surface area contributed by atoms with Gasteiger partial charge >= 0.3 is 0 Å². The van der Waals surface area contributed by atoms with Crippen LogP contribution in [0.15, 0.2) is 45.9 Å². The van der Waals surface area contributed by atoms with Crippen molar-refractivity contribution in [2.45, 2.75) is 18.4 Å². The number of nitrogens with two attached hydrogens (primary N) is 1. The second-order valence-electron chi connectivity index (χ2n) is 3.96. The largest absolute Gasteiger partial charge is 0.467 e. The molecule has 1 heterocycles. The van der Waals surface area contributed by atoms with Crippen LogP contribution in [0, 0.1) is 6.92 Å². The highest BCUT2D eigenvalue weighted by molar-refractivity contribution is 7.89. The maximum Gasteiger partial charge on any atom is 0.238 e. The van der Waals surface area contributed by atoms with Crippen molar-refractivity contribution in [2.24, 2.45) is 5.14 Å². The molecule has 0 aliphatic heterocycles. The van der Waals surface area contributed by atoms with E-state index in [0.717, 1.165) is 5.76 Å². The molecule has 0 spiro atoms. The molecule has 0 atom stereocenters. The SMILES string of the molecule is Cc1ccc(NCc2ccco2)cc1S(N)(=O)=O. The zero-order valence-electron chi connectivity index (χ0n) is 9.88. The van der Waals surface area contributed by atoms with E-state index in [2.05, 4.69) is 5.32 Å². The first-order valence-electron chi connectivity index (χ1n) is 5.36. The minimum absolute atomic E-state index is 0.131. The van der Waals surface area contributed by atoms with Crippen molar-refractivity contribution in [3.8, 4) is 0 Å². The smallest absolute Gasteiger partial charge is 0.238 e. The Morgan fingerprint density at radius 3 is 2.72 bits per heavy atom. The molecule has 18 heavy (non-hydrogen) atoms. The Bertz CT molecular complexity index is 633. The summed E-state index contributed by atoms with van der Waals surface area (Å²) >= 11 is 0. The van der Waals surface area contributed by atoms with Crippen LogP contribution in [0.2, 0.25) is 0 Å². The van der Waals surface area contributed by atoms with Gasteiger partial charge in [-0.05, 0) is 36.8 Å². The number of hydrogen-bond donors (Lipinski definition) is 2. The second-order valence-corrected chi connectivity index (χ2v) is 5.49. The van der Waals surface area contributed by atoms with E-state index in [-0.39, 0.29) is 4.90 Å². The first kappa shape index (κ1) is 12.7. The molecule has 96 valence electrons. The van der Waals surface area contributed by atoms with Crippen molar-refractivity contribution in [1.82, 2.24) is 0 Å². The van der Waals surface area contributed by atoms with Gasteiger partial charge in [-0.25, -0.2) is 13.6 Å². The van der Waals surface area contributed by atoms with E-state index in [4.69, 9.17) is 9.56 Å². The fourth-order valence-corrected chi connectivity index (χ4v) is 2.43. The third-order valence-electron chi connectivity index (χ3n) is 2.54. The quantitative estimate of drug-likeness (QED) is 0.884. The maximum absolute atomic E-state index is 11.4. The summed E-state index contributed by atoms with van der Waals surface area (Å²) in [5.74, 6) is 0.771. The zero-order valence-corrected chi connectivity index (χ0v) is 10.7. The first-order chi connectivity index (χ1) is 8.47. The van der Waals surface area contributed by atoms with Crippen LogP contribution >= 0.6 is 0 Å². The average molecular weight is 266 g/mol. The van der Waals surface area contributed by atoms with Crippen molar-refractivity contribution in [2.75, 3.05) is 5.32 Å². The maximum atomic E-state index is 11.4. The fraction of sp³-hybridized carbons (Fsp3) is 0.167. The van der Waals surface area contributed by atoms with E-state index in [0.29, 0.717) is 17.8 Å². The lowest BCUT2D eigenvalue weighted by Gasteiger charge is -2.08. The topological polar surface area (TPSA) is 85.3 Å². The Labute approximate surface area is 106 Å². The predicted molar refractivity (Wildman–Crippen MR) is 68.6 cm³/mol. The number of sulfonamides is 1. The van der Waals surface area contributed by atoms with E-state index in [1.54, 1.807) is 31.4 Å². The molecule has 2 rings (SSSR count). The summed E-state index contributed by atoms with van der Waals surface area (Å²) in [4.78, 5) is 0.131. The molecule has 0 unspecified atom stereocenters. The molecule has 2 aromatic rings. The molecule has 1 aromatic heterocycles. The number of anilines is 1. The molecule has 0 bridgehead atoms. The Morgan fingerprint density at radius 2 is 2.11 bits per heavy atom. The minimum atomic E-state index is -3.69. The van der Waals surface area contributed by atoms with Gasteiger partial charge in [0.15, 0.2) is 0 Å². The molecule has 0 saturated heterocycles. The highest BCUT2D eigenvalue weighted by Gasteiger charge is 2.11. The van der Waals surface area contributed by atoms with Gasteiger partial charge in [-0.15, -0.1) is 0 Å². The van der Waals surface area contributed by atoms with Gasteiger partial charge in [-0.3, -0.25) is 0 Å². The number of benzene rings is 1. The Balaban J connectivity index is 2.20. The van der Waals surface area contributed by atoms with Crippen LogP contribution in [0.5, 0.6) is 0 Å². The Morgan fingerprint density at radius 1 is 1.33 bits per heavy atom. The van der Waals surface area contributed by atoms with Gasteiger partial charge in [0.1, 0.15) is 5.76 Å². The minimum Gasteiger partial charge on any atom is -0.467 e. The van der Waals surface area contributed by atoms with Crippen molar-refractivity contribution in [3.05, 3.63) is 47.9 Å². The van der Waals surface area contributed by atoms with Crippen molar-refractivity contribution < 1.29 is 12.8 Å². The second kappa shape index (κ2) is 4.83. The van der Waals surface area contributed by atoms with Gasteiger partial charge in [0.05, 0.1) is 17.7 Å². The number of nitrogens with one attached hydrogen (secondary N) is 1. The molecule has 0 saturated carbocycles. The molecular weight excluding hydrogens is 252 g/mol. The fourth-order valence-electron chi connectivity index (χ4n) is 1.62. The summed E-state index contributed by atoms with van der Waals surface area (Å²) < 4.78 is 27.9. The Hall–Kier alpha value is -1.79. The number of hydrogen-bond acceptors (Lipinski definition) is 4. The molecule has 6 heteroatoms. The van der Waals surface area contributed by atoms with Crippen LogP contribution in [0.1, 0.15) is 11.3 Å². The summed E-state index contributed by atoms with van der Waals surface area (Å²) in [6.45, 7) is 2.19. The molecule has 0 amide bonds. The third kappa shape index (κ3) is 2.91. The molecular formula is C12H14N2O3S. The summed E-state index contributed by atoms with van der Waals surface area (Å²) in [5.41, 5.74) is 1.31. The van der Waals surface area contributed by atoms with Crippen LogP contribution in [-0.2, 0) is 16.6 Å². The lowest BCUT2D eigenvalue weighted by atomic mass is 10.2. The molecule has 0 aliphatic rings. The average Bonchev–Trinajstić information content (AvgIpc) is 2.79. The van der Waals surface area contributed by atoms with Crippen molar-refractivity contribution in [3.63, 3.8) is 0 Å². The van der Waals surface area contributed by atoms with Gasteiger partial charge in [0, 0.05) is 5.69 Å². The van der Waals surface area contributed by atoms with Gasteiger partial charge in [0.25, 0.3) is 0 Å². The highest BCUT2D eigenvalue weighted by atomic mass is 32.2. The number of aryl methyl sites for hydroxylation is 1. The van der Waals surface area contributed by atoms with Crippen LogP contribution in [0.3, 0.4) is 0 Å². The molecule has 3 N–H and O–H groups in total. The van der Waals surface area contributed by atoms with Gasteiger partial charge < -0.3 is 9.73 Å². The van der Waals surface area contributed by atoms with E-state index in [9.17, 15) is 8.42 Å². The monoisotopic (exact) mass is 266 g/mol.